The third-order valence-corrected chi connectivity index (χ3v) is 5.20. The average Bonchev–Trinajstić information content (AvgIpc) is 3.22. The molecule has 144 valence electrons. The van der Waals surface area contributed by atoms with Crippen LogP contribution >= 0.6 is 11.6 Å². The molecule has 2 atom stereocenters. The topological polar surface area (TPSA) is 70.5 Å². The van der Waals surface area contributed by atoms with E-state index in [-0.39, 0.29) is 24.4 Å². The molecule has 1 aromatic carbocycles. The number of piperazine rings is 1. The second-order valence-corrected chi connectivity index (χ2v) is 7.09. The average molecular weight is 390 g/mol. The lowest BCUT2D eigenvalue weighted by Crippen LogP contribution is -2.52. The van der Waals surface area contributed by atoms with Gasteiger partial charge in [0.25, 0.3) is 0 Å². The number of hydrogen-bond donors (Lipinski definition) is 1. The maximum atomic E-state index is 13.0. The van der Waals surface area contributed by atoms with Crippen LogP contribution in [0.4, 0.5) is 0 Å². The highest BCUT2D eigenvalue weighted by Crippen LogP contribution is 2.28. The quantitative estimate of drug-likeness (QED) is 0.845. The summed E-state index contributed by atoms with van der Waals surface area (Å²) < 4.78 is 1.58. The Morgan fingerprint density at radius 2 is 2.15 bits per heavy atom. The summed E-state index contributed by atoms with van der Waals surface area (Å²) in [6, 6.07) is 8.72. The summed E-state index contributed by atoms with van der Waals surface area (Å²) in [5.41, 5.74) is 0.915. The SMILES string of the molecule is CC(C(=O)N(C)CC(=O)N1CCNCC1c1ccccc1Cl)n1cccn1. The number of nitrogens with zero attached hydrogens (tertiary/aromatic N) is 4. The maximum absolute atomic E-state index is 13.0. The molecule has 1 aliphatic rings. The summed E-state index contributed by atoms with van der Waals surface area (Å²) in [5.74, 6) is -0.249. The fourth-order valence-electron chi connectivity index (χ4n) is 3.34. The molecule has 3 rings (SSSR count). The summed E-state index contributed by atoms with van der Waals surface area (Å²) in [4.78, 5) is 28.8. The first-order chi connectivity index (χ1) is 13.0. The minimum atomic E-state index is -0.458. The number of aromatic nitrogens is 2. The summed E-state index contributed by atoms with van der Waals surface area (Å²) >= 11 is 6.34. The molecule has 2 aromatic rings. The van der Waals surface area contributed by atoms with E-state index in [4.69, 9.17) is 11.6 Å². The molecule has 0 aliphatic carbocycles. The number of halogens is 1. The molecular formula is C19H24ClN5O2. The van der Waals surface area contributed by atoms with E-state index in [2.05, 4.69) is 10.4 Å². The Morgan fingerprint density at radius 1 is 1.37 bits per heavy atom. The van der Waals surface area contributed by atoms with Gasteiger partial charge >= 0.3 is 0 Å². The van der Waals surface area contributed by atoms with Gasteiger partial charge in [-0.25, -0.2) is 0 Å². The molecule has 1 aromatic heterocycles. The predicted octanol–water partition coefficient (Wildman–Crippen LogP) is 1.73. The van der Waals surface area contributed by atoms with E-state index in [0.29, 0.717) is 24.7 Å². The van der Waals surface area contributed by atoms with Crippen LogP contribution < -0.4 is 5.32 Å². The number of carbonyl (C=O) groups is 2. The highest BCUT2D eigenvalue weighted by molar-refractivity contribution is 6.31. The van der Waals surface area contributed by atoms with Crippen molar-refractivity contribution in [2.75, 3.05) is 33.2 Å². The molecule has 1 aliphatic heterocycles. The monoisotopic (exact) mass is 389 g/mol. The van der Waals surface area contributed by atoms with Gasteiger partial charge in [-0.3, -0.25) is 14.3 Å². The number of hydrogen-bond acceptors (Lipinski definition) is 4. The Kier molecular flexibility index (Phi) is 6.13. The highest BCUT2D eigenvalue weighted by Gasteiger charge is 2.31. The van der Waals surface area contributed by atoms with Gasteiger partial charge in [-0.05, 0) is 24.6 Å². The Bertz CT molecular complexity index is 795. The molecule has 0 spiro atoms. The standard InChI is InChI=1S/C19H24ClN5O2/c1-14(25-10-5-8-22-25)19(27)23(2)13-18(26)24-11-9-21-12-17(24)15-6-3-4-7-16(15)20/h3-8,10,14,17,21H,9,11-13H2,1-2H3. The van der Waals surface area contributed by atoms with Gasteiger partial charge in [-0.1, -0.05) is 29.8 Å². The lowest BCUT2D eigenvalue weighted by atomic mass is 10.0. The Balaban J connectivity index is 1.70. The minimum absolute atomic E-state index is 0.0192. The minimum Gasteiger partial charge on any atom is -0.335 e. The number of likely N-dealkylation sites (N-methyl/N-ethyl adjacent to an activating group) is 1. The van der Waals surface area contributed by atoms with Crippen LogP contribution in [0.2, 0.25) is 5.02 Å². The van der Waals surface area contributed by atoms with Crippen LogP contribution in [0.1, 0.15) is 24.6 Å². The van der Waals surface area contributed by atoms with Crippen LogP contribution in [0.15, 0.2) is 42.7 Å². The summed E-state index contributed by atoms with van der Waals surface area (Å²) in [6.07, 6.45) is 3.37. The molecule has 1 saturated heterocycles. The van der Waals surface area contributed by atoms with Crippen molar-refractivity contribution in [3.8, 4) is 0 Å². The van der Waals surface area contributed by atoms with E-state index in [0.717, 1.165) is 5.56 Å². The van der Waals surface area contributed by atoms with Crippen LogP contribution in [0, 0.1) is 0 Å². The largest absolute Gasteiger partial charge is 0.335 e. The number of nitrogens with one attached hydrogen (secondary N) is 1. The van der Waals surface area contributed by atoms with E-state index >= 15 is 0 Å². The van der Waals surface area contributed by atoms with Crippen molar-refractivity contribution in [3.63, 3.8) is 0 Å². The molecule has 2 heterocycles. The first-order valence-corrected chi connectivity index (χ1v) is 9.35. The molecule has 0 radical (unpaired) electrons. The van der Waals surface area contributed by atoms with Crippen LogP contribution in [-0.2, 0) is 9.59 Å². The molecule has 2 unspecified atom stereocenters. The zero-order valence-electron chi connectivity index (χ0n) is 15.5. The van der Waals surface area contributed by atoms with Gasteiger partial charge in [0, 0.05) is 44.1 Å². The van der Waals surface area contributed by atoms with Crippen molar-refractivity contribution >= 4 is 23.4 Å². The summed E-state index contributed by atoms with van der Waals surface area (Å²) in [6.45, 7) is 3.72. The molecule has 7 nitrogen and oxygen atoms in total. The molecule has 0 saturated carbocycles. The predicted molar refractivity (Wildman–Crippen MR) is 103 cm³/mol. The van der Waals surface area contributed by atoms with Crippen LogP contribution in [-0.4, -0.2) is 64.6 Å². The number of carbonyl (C=O) groups excluding carboxylic acids is 2. The molecule has 8 heteroatoms. The van der Waals surface area contributed by atoms with Crippen molar-refractivity contribution in [1.82, 2.24) is 24.9 Å². The zero-order chi connectivity index (χ0) is 19.4. The van der Waals surface area contributed by atoms with Gasteiger partial charge < -0.3 is 15.1 Å². The van der Waals surface area contributed by atoms with Gasteiger partial charge in [0.1, 0.15) is 6.04 Å². The van der Waals surface area contributed by atoms with Gasteiger partial charge in [0.2, 0.25) is 11.8 Å². The molecular weight excluding hydrogens is 366 g/mol. The van der Waals surface area contributed by atoms with E-state index < -0.39 is 6.04 Å². The first kappa shape index (κ1) is 19.4. The van der Waals surface area contributed by atoms with Crippen molar-refractivity contribution in [3.05, 3.63) is 53.3 Å². The molecule has 27 heavy (non-hydrogen) atoms. The van der Waals surface area contributed by atoms with Crippen LogP contribution in [0.3, 0.4) is 0 Å². The maximum Gasteiger partial charge on any atom is 0.247 e. The highest BCUT2D eigenvalue weighted by atomic mass is 35.5. The van der Waals surface area contributed by atoms with E-state index in [9.17, 15) is 9.59 Å². The number of amides is 2. The fraction of sp³-hybridized carbons (Fsp3) is 0.421. The molecule has 2 amide bonds. The zero-order valence-corrected chi connectivity index (χ0v) is 16.3. The van der Waals surface area contributed by atoms with Crippen molar-refractivity contribution < 1.29 is 9.59 Å². The normalized spacial score (nSPS) is 18.2. The van der Waals surface area contributed by atoms with Crippen molar-refractivity contribution in [2.45, 2.75) is 19.0 Å². The second kappa shape index (κ2) is 8.54. The third kappa shape index (κ3) is 4.31. The summed E-state index contributed by atoms with van der Waals surface area (Å²) in [7, 11) is 1.65. The molecule has 0 bridgehead atoms. The summed E-state index contributed by atoms with van der Waals surface area (Å²) in [5, 5.41) is 8.05. The number of rotatable bonds is 5. The third-order valence-electron chi connectivity index (χ3n) is 4.86. The lowest BCUT2D eigenvalue weighted by molar-refractivity contribution is -0.143. The Labute approximate surface area is 163 Å². The fourth-order valence-corrected chi connectivity index (χ4v) is 3.60. The van der Waals surface area contributed by atoms with Crippen molar-refractivity contribution in [2.24, 2.45) is 0 Å². The van der Waals surface area contributed by atoms with E-state index in [1.165, 1.54) is 4.90 Å². The van der Waals surface area contributed by atoms with E-state index in [1.54, 1.807) is 42.0 Å². The second-order valence-electron chi connectivity index (χ2n) is 6.68. The Morgan fingerprint density at radius 3 is 2.85 bits per heavy atom. The molecule has 1 fully saturated rings. The van der Waals surface area contributed by atoms with Crippen LogP contribution in [0.25, 0.3) is 0 Å². The lowest BCUT2D eigenvalue weighted by Gasteiger charge is -2.38. The molecule has 1 N–H and O–H groups in total. The van der Waals surface area contributed by atoms with E-state index in [1.807, 2.05) is 24.3 Å². The Hall–Kier alpha value is -2.38. The van der Waals surface area contributed by atoms with Gasteiger partial charge in [0.05, 0.1) is 12.6 Å². The first-order valence-electron chi connectivity index (χ1n) is 8.97. The van der Waals surface area contributed by atoms with Gasteiger partial charge in [0.15, 0.2) is 0 Å². The smallest absolute Gasteiger partial charge is 0.247 e. The van der Waals surface area contributed by atoms with Gasteiger partial charge in [-0.15, -0.1) is 0 Å². The van der Waals surface area contributed by atoms with Gasteiger partial charge in [-0.2, -0.15) is 5.10 Å². The number of benzene rings is 1. The van der Waals surface area contributed by atoms with Crippen molar-refractivity contribution in [1.29, 1.82) is 0 Å². The van der Waals surface area contributed by atoms with Crippen LogP contribution in [0.5, 0.6) is 0 Å².